The Morgan fingerprint density at radius 1 is 1.18 bits per heavy atom. The monoisotopic (exact) mass is 302 g/mol. The Labute approximate surface area is 132 Å². The summed E-state index contributed by atoms with van der Waals surface area (Å²) in [5, 5.41) is 10.8. The van der Waals surface area contributed by atoms with Crippen LogP contribution >= 0.6 is 0 Å². The van der Waals surface area contributed by atoms with Gasteiger partial charge in [-0.1, -0.05) is 25.5 Å². The third-order valence-corrected chi connectivity index (χ3v) is 7.57. The third kappa shape index (κ3) is 1.72. The summed E-state index contributed by atoms with van der Waals surface area (Å²) in [4.78, 5) is 24.2. The van der Waals surface area contributed by atoms with Crippen molar-refractivity contribution in [3.05, 3.63) is 11.6 Å². The van der Waals surface area contributed by atoms with Crippen molar-refractivity contribution >= 4 is 11.6 Å². The smallest absolute Gasteiger partial charge is 0.139 e. The second-order valence-electron chi connectivity index (χ2n) is 8.54. The summed E-state index contributed by atoms with van der Waals surface area (Å²) in [5.74, 6) is 1.45. The zero-order valence-corrected chi connectivity index (χ0v) is 13.6. The van der Waals surface area contributed by atoms with Crippen molar-refractivity contribution in [3.8, 4) is 0 Å². The highest BCUT2D eigenvalue weighted by atomic mass is 16.3. The lowest BCUT2D eigenvalue weighted by molar-refractivity contribution is -0.130. The fourth-order valence-electron chi connectivity index (χ4n) is 6.07. The molecule has 0 aromatic rings. The quantitative estimate of drug-likeness (QED) is 0.700. The molecule has 4 aliphatic carbocycles. The van der Waals surface area contributed by atoms with E-state index < -0.39 is 0 Å². The van der Waals surface area contributed by atoms with Gasteiger partial charge in [0.1, 0.15) is 11.6 Å². The van der Waals surface area contributed by atoms with Gasteiger partial charge in [-0.3, -0.25) is 9.59 Å². The molecule has 3 heteroatoms. The molecule has 3 nitrogen and oxygen atoms in total. The number of fused-ring (bicyclic) bond motifs is 5. The molecule has 120 valence electrons. The number of carbonyl (C=O) groups excluding carboxylic acids is 2. The van der Waals surface area contributed by atoms with E-state index in [1.807, 2.05) is 0 Å². The second kappa shape index (κ2) is 4.53. The highest BCUT2D eigenvalue weighted by molar-refractivity contribution is 5.87. The van der Waals surface area contributed by atoms with Crippen molar-refractivity contribution in [1.29, 1.82) is 0 Å². The van der Waals surface area contributed by atoms with E-state index in [1.165, 1.54) is 5.57 Å². The Morgan fingerprint density at radius 2 is 1.95 bits per heavy atom. The molecule has 0 spiro atoms. The van der Waals surface area contributed by atoms with Crippen molar-refractivity contribution in [2.45, 2.75) is 64.9 Å². The summed E-state index contributed by atoms with van der Waals surface area (Å²) < 4.78 is 0. The molecule has 0 bridgehead atoms. The number of ketones is 2. The summed E-state index contributed by atoms with van der Waals surface area (Å²) in [5.41, 5.74) is 1.18. The van der Waals surface area contributed by atoms with E-state index >= 15 is 0 Å². The summed E-state index contributed by atoms with van der Waals surface area (Å²) in [6.45, 7) is 4.40. The first-order valence-electron chi connectivity index (χ1n) is 8.80. The predicted molar refractivity (Wildman–Crippen MR) is 83.1 cm³/mol. The second-order valence-corrected chi connectivity index (χ2v) is 8.54. The van der Waals surface area contributed by atoms with Crippen LogP contribution in [-0.2, 0) is 9.59 Å². The van der Waals surface area contributed by atoms with Gasteiger partial charge in [0.2, 0.25) is 0 Å². The minimum absolute atomic E-state index is 0.0603. The van der Waals surface area contributed by atoms with Crippen molar-refractivity contribution in [2.75, 3.05) is 0 Å². The molecule has 3 saturated carbocycles. The molecule has 0 aromatic heterocycles. The standard InChI is InChI=1S/C19H26O3/c1-18-7-5-12(20)9-11(18)10-15(21)17-13-3-4-16(22)19(13,2)8-6-14(17)18/h6,11,13,15,17,21H,3-5,7-10H2,1-2H3/t11?,13-,15-,17-,18-,19-/m0/s1. The number of Topliss-reactive ketones (excluding diaryl/α,β-unsaturated/α-hetero) is 2. The van der Waals surface area contributed by atoms with Gasteiger partial charge in [-0.2, -0.15) is 0 Å². The molecule has 1 unspecified atom stereocenters. The molecule has 6 atom stereocenters. The van der Waals surface area contributed by atoms with Crippen LogP contribution in [0.1, 0.15) is 58.8 Å². The zero-order valence-electron chi connectivity index (χ0n) is 13.6. The van der Waals surface area contributed by atoms with Gasteiger partial charge in [0.05, 0.1) is 6.10 Å². The van der Waals surface area contributed by atoms with E-state index in [1.54, 1.807) is 0 Å². The topological polar surface area (TPSA) is 54.4 Å². The zero-order chi connectivity index (χ0) is 15.7. The lowest BCUT2D eigenvalue weighted by atomic mass is 9.48. The number of carbonyl (C=O) groups is 2. The maximum absolute atomic E-state index is 12.4. The summed E-state index contributed by atoms with van der Waals surface area (Å²) in [6.07, 6.45) is 7.25. The number of aliphatic hydroxyl groups excluding tert-OH is 1. The van der Waals surface area contributed by atoms with Crippen LogP contribution < -0.4 is 0 Å². The van der Waals surface area contributed by atoms with Gasteiger partial charge in [-0.25, -0.2) is 0 Å². The van der Waals surface area contributed by atoms with Gasteiger partial charge in [0.25, 0.3) is 0 Å². The Hall–Kier alpha value is -0.960. The van der Waals surface area contributed by atoms with Gasteiger partial charge >= 0.3 is 0 Å². The summed E-state index contributed by atoms with van der Waals surface area (Å²) in [6, 6.07) is 0. The average molecular weight is 302 g/mol. The Kier molecular flexibility index (Phi) is 3.01. The van der Waals surface area contributed by atoms with Crippen LogP contribution in [0, 0.1) is 28.6 Å². The molecule has 0 radical (unpaired) electrons. The molecule has 0 amide bonds. The highest BCUT2D eigenvalue weighted by Gasteiger charge is 2.59. The molecule has 0 saturated heterocycles. The lowest BCUT2D eigenvalue weighted by Crippen LogP contribution is -2.53. The van der Waals surface area contributed by atoms with Gasteiger partial charge in [0.15, 0.2) is 0 Å². The van der Waals surface area contributed by atoms with Crippen molar-refractivity contribution in [2.24, 2.45) is 28.6 Å². The van der Waals surface area contributed by atoms with Crippen molar-refractivity contribution < 1.29 is 14.7 Å². The van der Waals surface area contributed by atoms with Crippen LogP contribution in [0.2, 0.25) is 0 Å². The fourth-order valence-corrected chi connectivity index (χ4v) is 6.07. The van der Waals surface area contributed by atoms with E-state index in [9.17, 15) is 14.7 Å². The van der Waals surface area contributed by atoms with E-state index in [4.69, 9.17) is 0 Å². The maximum Gasteiger partial charge on any atom is 0.139 e. The molecule has 0 aliphatic heterocycles. The number of hydrogen-bond acceptors (Lipinski definition) is 3. The molecule has 1 N–H and O–H groups in total. The SMILES string of the molecule is C[C@]12CCC(=O)CC1C[C@H](O)[C@@H]1C2=CC[C@]2(C)C(=O)CC[C@@H]12. The first-order chi connectivity index (χ1) is 10.4. The van der Waals surface area contributed by atoms with Crippen molar-refractivity contribution in [3.63, 3.8) is 0 Å². The van der Waals surface area contributed by atoms with E-state index in [2.05, 4.69) is 19.9 Å². The van der Waals surface area contributed by atoms with E-state index in [-0.39, 0.29) is 28.8 Å². The highest BCUT2D eigenvalue weighted by Crippen LogP contribution is 2.62. The molecular formula is C19H26O3. The molecule has 0 heterocycles. The predicted octanol–water partition coefficient (Wildman–Crippen LogP) is 3.06. The van der Waals surface area contributed by atoms with Crippen LogP contribution in [0.4, 0.5) is 0 Å². The van der Waals surface area contributed by atoms with Gasteiger partial charge in [0, 0.05) is 30.6 Å². The summed E-state index contributed by atoms with van der Waals surface area (Å²) >= 11 is 0. The van der Waals surface area contributed by atoms with Crippen LogP contribution in [0.25, 0.3) is 0 Å². The molecular weight excluding hydrogens is 276 g/mol. The maximum atomic E-state index is 12.4. The molecule has 3 fully saturated rings. The van der Waals surface area contributed by atoms with Gasteiger partial charge in [-0.05, 0) is 42.9 Å². The first-order valence-corrected chi connectivity index (χ1v) is 8.80. The first kappa shape index (κ1) is 14.6. The van der Waals surface area contributed by atoms with Gasteiger partial charge in [-0.15, -0.1) is 0 Å². The summed E-state index contributed by atoms with van der Waals surface area (Å²) in [7, 11) is 0. The normalized spacial score (nSPS) is 51.0. The lowest BCUT2D eigenvalue weighted by Gasteiger charge is -2.56. The Balaban J connectivity index is 1.77. The van der Waals surface area contributed by atoms with E-state index in [0.717, 1.165) is 25.7 Å². The Bertz CT molecular complexity index is 577. The van der Waals surface area contributed by atoms with Crippen LogP contribution in [0.5, 0.6) is 0 Å². The van der Waals surface area contributed by atoms with Gasteiger partial charge < -0.3 is 5.11 Å². The minimum atomic E-state index is -0.384. The largest absolute Gasteiger partial charge is 0.392 e. The van der Waals surface area contributed by atoms with Crippen LogP contribution in [0.3, 0.4) is 0 Å². The molecule has 0 aromatic carbocycles. The number of allylic oxidation sites excluding steroid dienone is 1. The number of hydrogen-bond donors (Lipinski definition) is 1. The fraction of sp³-hybridized carbons (Fsp3) is 0.789. The molecule has 22 heavy (non-hydrogen) atoms. The Morgan fingerprint density at radius 3 is 2.73 bits per heavy atom. The average Bonchev–Trinajstić information content (AvgIpc) is 2.77. The van der Waals surface area contributed by atoms with Crippen LogP contribution in [-0.4, -0.2) is 22.8 Å². The van der Waals surface area contributed by atoms with Crippen LogP contribution in [0.15, 0.2) is 11.6 Å². The number of rotatable bonds is 0. The van der Waals surface area contributed by atoms with Crippen molar-refractivity contribution in [1.82, 2.24) is 0 Å². The minimum Gasteiger partial charge on any atom is -0.392 e. The number of aliphatic hydroxyl groups is 1. The molecule has 4 aliphatic rings. The third-order valence-electron chi connectivity index (χ3n) is 7.57. The molecule has 4 rings (SSSR count). The van der Waals surface area contributed by atoms with E-state index in [0.29, 0.717) is 36.7 Å².